The van der Waals surface area contributed by atoms with E-state index in [-0.39, 0.29) is 5.91 Å². The molecule has 0 aromatic carbocycles. The third-order valence-corrected chi connectivity index (χ3v) is 5.04. The Morgan fingerprint density at radius 1 is 1.47 bits per heavy atom. The maximum absolute atomic E-state index is 12.3. The number of hydrogen-bond acceptors (Lipinski definition) is 3. The molecule has 0 bridgehead atoms. The van der Waals surface area contributed by atoms with Gasteiger partial charge in [0.25, 0.3) is 5.91 Å². The first-order valence-corrected chi connectivity index (χ1v) is 7.10. The predicted octanol–water partition coefficient (Wildman–Crippen LogP) is 2.77. The summed E-state index contributed by atoms with van der Waals surface area (Å²) in [6.07, 6.45) is 2.41. The van der Waals surface area contributed by atoms with Gasteiger partial charge in [-0.1, -0.05) is 0 Å². The van der Waals surface area contributed by atoms with Gasteiger partial charge in [-0.15, -0.1) is 23.1 Å². The fourth-order valence-corrected chi connectivity index (χ4v) is 4.19. The van der Waals surface area contributed by atoms with E-state index in [2.05, 4.69) is 17.9 Å². The smallest absolute Gasteiger partial charge is 0.265 e. The maximum Gasteiger partial charge on any atom is 0.265 e. The Bertz CT molecular complexity index is 409. The summed E-state index contributed by atoms with van der Waals surface area (Å²) in [4.78, 5) is 17.8. The Hall–Kier alpha value is -0.480. The van der Waals surface area contributed by atoms with E-state index in [1.165, 1.54) is 22.6 Å². The zero-order valence-corrected chi connectivity index (χ0v) is 10.3. The number of aryl methyl sites for hydroxylation is 1. The van der Waals surface area contributed by atoms with Crippen LogP contribution in [0.15, 0.2) is 11.0 Å². The van der Waals surface area contributed by atoms with Crippen molar-refractivity contribution in [3.63, 3.8) is 0 Å². The average Bonchev–Trinajstić information content (AvgIpc) is 2.97. The molecule has 2 aliphatic rings. The third kappa shape index (κ3) is 1.70. The summed E-state index contributed by atoms with van der Waals surface area (Å²) in [5.74, 6) is 1.32. The lowest BCUT2D eigenvalue weighted by atomic mass is 10.3. The Morgan fingerprint density at radius 2 is 2.27 bits per heavy atom. The van der Waals surface area contributed by atoms with E-state index in [4.69, 9.17) is 0 Å². The second-order valence-corrected chi connectivity index (χ2v) is 6.52. The van der Waals surface area contributed by atoms with Crippen molar-refractivity contribution in [3.05, 3.63) is 15.8 Å². The van der Waals surface area contributed by atoms with Crippen LogP contribution >= 0.6 is 23.1 Å². The lowest BCUT2D eigenvalue weighted by molar-refractivity contribution is 0.0758. The summed E-state index contributed by atoms with van der Waals surface area (Å²) in [6, 6.07) is 2.70. The lowest BCUT2D eigenvalue weighted by Gasteiger charge is -2.18. The van der Waals surface area contributed by atoms with Crippen LogP contribution in [0.3, 0.4) is 0 Å². The number of carbonyl (C=O) groups excluding carboxylic acids is 1. The van der Waals surface area contributed by atoms with Crippen LogP contribution in [-0.4, -0.2) is 29.1 Å². The molecule has 15 heavy (non-hydrogen) atoms. The molecule has 1 fully saturated rings. The van der Waals surface area contributed by atoms with Crippen LogP contribution in [0.25, 0.3) is 0 Å². The molecule has 1 amide bonds. The lowest BCUT2D eigenvalue weighted by Crippen LogP contribution is -2.33. The number of carbonyl (C=O) groups is 1. The van der Waals surface area contributed by atoms with Gasteiger partial charge in [-0.3, -0.25) is 4.79 Å². The molecule has 0 radical (unpaired) electrons. The van der Waals surface area contributed by atoms with E-state index in [9.17, 15) is 4.79 Å². The number of thiophene rings is 1. The Kier molecular flexibility index (Phi) is 2.29. The number of nitrogens with zero attached hydrogens (tertiary/aromatic N) is 1. The van der Waals surface area contributed by atoms with Gasteiger partial charge in [0.1, 0.15) is 4.88 Å². The van der Waals surface area contributed by atoms with Crippen molar-refractivity contribution in [2.45, 2.75) is 30.7 Å². The fraction of sp³-hybridized carbons (Fsp3) is 0.545. The highest BCUT2D eigenvalue weighted by atomic mass is 32.2. The second kappa shape index (κ2) is 3.52. The number of thioether (sulfide) groups is 1. The van der Waals surface area contributed by atoms with Crippen LogP contribution in [-0.2, 0) is 0 Å². The molecule has 1 aromatic heterocycles. The largest absolute Gasteiger partial charge is 0.334 e. The van der Waals surface area contributed by atoms with Gasteiger partial charge in [0.15, 0.2) is 0 Å². The van der Waals surface area contributed by atoms with Gasteiger partial charge in [0.05, 0.1) is 0 Å². The summed E-state index contributed by atoms with van der Waals surface area (Å²) in [6.45, 7) is 3.00. The van der Waals surface area contributed by atoms with Gasteiger partial charge in [-0.05, 0) is 25.8 Å². The molecule has 0 unspecified atom stereocenters. The van der Waals surface area contributed by atoms with Crippen molar-refractivity contribution in [1.29, 1.82) is 0 Å². The van der Waals surface area contributed by atoms with Gasteiger partial charge in [0, 0.05) is 28.1 Å². The van der Waals surface area contributed by atoms with E-state index in [0.29, 0.717) is 6.04 Å². The van der Waals surface area contributed by atoms with Gasteiger partial charge >= 0.3 is 0 Å². The molecule has 0 spiro atoms. The summed E-state index contributed by atoms with van der Waals surface area (Å²) < 4.78 is 0. The molecule has 1 aliphatic heterocycles. The quantitative estimate of drug-likeness (QED) is 0.751. The summed E-state index contributed by atoms with van der Waals surface area (Å²) >= 11 is 3.48. The van der Waals surface area contributed by atoms with Crippen molar-refractivity contribution >= 4 is 29.0 Å². The first-order valence-electron chi connectivity index (χ1n) is 5.30. The standard InChI is InChI=1S/C11H13NOS2/c1-7-6-9-10(15-7)11(13)12(4-5-14-9)8-2-3-8/h6,8H,2-5H2,1H3. The minimum absolute atomic E-state index is 0.274. The SMILES string of the molecule is Cc1cc2c(s1)C(=O)N(C1CC1)CCS2. The monoisotopic (exact) mass is 239 g/mol. The zero-order chi connectivity index (χ0) is 10.4. The molecule has 0 saturated heterocycles. The van der Waals surface area contributed by atoms with Crippen molar-refractivity contribution in [2.24, 2.45) is 0 Å². The highest BCUT2D eigenvalue weighted by Gasteiger charge is 2.35. The van der Waals surface area contributed by atoms with Crippen molar-refractivity contribution in [3.8, 4) is 0 Å². The van der Waals surface area contributed by atoms with E-state index in [1.807, 2.05) is 11.8 Å². The van der Waals surface area contributed by atoms with Crippen molar-refractivity contribution < 1.29 is 4.79 Å². The zero-order valence-electron chi connectivity index (χ0n) is 8.66. The van der Waals surface area contributed by atoms with Gasteiger partial charge < -0.3 is 4.90 Å². The van der Waals surface area contributed by atoms with Crippen LogP contribution in [0.4, 0.5) is 0 Å². The first-order chi connectivity index (χ1) is 7.25. The van der Waals surface area contributed by atoms with Crippen LogP contribution in [0.5, 0.6) is 0 Å². The second-order valence-electron chi connectivity index (χ2n) is 4.13. The van der Waals surface area contributed by atoms with E-state index >= 15 is 0 Å². The number of rotatable bonds is 1. The van der Waals surface area contributed by atoms with Gasteiger partial charge in [-0.2, -0.15) is 0 Å². The predicted molar refractivity (Wildman–Crippen MR) is 63.8 cm³/mol. The Morgan fingerprint density at radius 3 is 3.00 bits per heavy atom. The van der Waals surface area contributed by atoms with E-state index in [1.54, 1.807) is 11.3 Å². The molecule has 4 heteroatoms. The fourth-order valence-electron chi connectivity index (χ4n) is 1.97. The maximum atomic E-state index is 12.3. The molecule has 1 aromatic rings. The van der Waals surface area contributed by atoms with Crippen LogP contribution in [0.1, 0.15) is 27.4 Å². The topological polar surface area (TPSA) is 20.3 Å². The van der Waals surface area contributed by atoms with Gasteiger partial charge in [0.2, 0.25) is 0 Å². The molecule has 0 atom stereocenters. The molecular formula is C11H13NOS2. The molecule has 2 heterocycles. The first kappa shape index (κ1) is 9.73. The third-order valence-electron chi connectivity index (χ3n) is 2.85. The summed E-state index contributed by atoms with van der Waals surface area (Å²) in [5, 5.41) is 0. The summed E-state index contributed by atoms with van der Waals surface area (Å²) in [5.41, 5.74) is 0. The minimum atomic E-state index is 0.274. The molecule has 1 saturated carbocycles. The van der Waals surface area contributed by atoms with Crippen LogP contribution in [0, 0.1) is 6.92 Å². The molecule has 1 aliphatic carbocycles. The molecule has 3 rings (SSSR count). The number of hydrogen-bond donors (Lipinski definition) is 0. The molecule has 0 N–H and O–H groups in total. The average molecular weight is 239 g/mol. The van der Waals surface area contributed by atoms with Crippen LogP contribution < -0.4 is 0 Å². The summed E-state index contributed by atoms with van der Waals surface area (Å²) in [7, 11) is 0. The van der Waals surface area contributed by atoms with Crippen molar-refractivity contribution in [2.75, 3.05) is 12.3 Å². The van der Waals surface area contributed by atoms with Gasteiger partial charge in [-0.25, -0.2) is 0 Å². The molecule has 2 nitrogen and oxygen atoms in total. The van der Waals surface area contributed by atoms with E-state index in [0.717, 1.165) is 17.2 Å². The van der Waals surface area contributed by atoms with E-state index < -0.39 is 0 Å². The van der Waals surface area contributed by atoms with Crippen molar-refractivity contribution in [1.82, 2.24) is 4.90 Å². The minimum Gasteiger partial charge on any atom is -0.334 e. The molecule has 80 valence electrons. The Balaban J connectivity index is 1.97. The normalized spacial score (nSPS) is 21.4. The highest BCUT2D eigenvalue weighted by molar-refractivity contribution is 7.99. The molecular weight excluding hydrogens is 226 g/mol. The highest BCUT2D eigenvalue weighted by Crippen LogP contribution is 2.37. The Labute approximate surface area is 97.7 Å². The van der Waals surface area contributed by atoms with Crippen LogP contribution in [0.2, 0.25) is 0 Å². The number of amides is 1. The number of fused-ring (bicyclic) bond motifs is 1.